The fourth-order valence-corrected chi connectivity index (χ4v) is 4.04. The fraction of sp³-hybridized carbons (Fsp3) is 0.879. The summed E-state index contributed by atoms with van der Waals surface area (Å²) in [5.74, 6) is 1.62. The zero-order chi connectivity index (χ0) is 29.2. The highest BCUT2D eigenvalue weighted by atomic mass is 16.2. The quantitative estimate of drug-likeness (QED) is 0.188. The van der Waals surface area contributed by atoms with Crippen molar-refractivity contribution in [1.82, 2.24) is 0 Å². The summed E-state index contributed by atoms with van der Waals surface area (Å²) in [6.07, 6.45) is 17.5. The molecule has 0 spiro atoms. The third kappa shape index (κ3) is 24.8. The molecule has 0 N–H and O–H groups in total. The second-order valence-electron chi connectivity index (χ2n) is 10.9. The number of carbonyl (C=O) groups is 4. The lowest BCUT2D eigenvalue weighted by molar-refractivity contribution is -0.139. The van der Waals surface area contributed by atoms with Gasteiger partial charge in [-0.1, -0.05) is 119 Å². The smallest absolute Gasteiger partial charge is 0.201 e. The van der Waals surface area contributed by atoms with E-state index in [1.165, 1.54) is 71.1 Å². The molecule has 0 aromatic rings. The predicted octanol–water partition coefficient (Wildman–Crippen LogP) is 9.75. The SMILES string of the molecule is CCC(C)=O.CCC(C)C(CC1CCC1)C(=O)C(C)=O.CCCCC.CCCCC(CCCC)C(C)=O. The van der Waals surface area contributed by atoms with Crippen molar-refractivity contribution < 1.29 is 19.2 Å². The minimum atomic E-state index is -0.264. The summed E-state index contributed by atoms with van der Waals surface area (Å²) in [4.78, 5) is 43.9. The van der Waals surface area contributed by atoms with Crippen molar-refractivity contribution in [2.24, 2.45) is 23.7 Å². The van der Waals surface area contributed by atoms with Crippen LogP contribution in [-0.2, 0) is 19.2 Å². The molecule has 1 aliphatic carbocycles. The molecule has 0 radical (unpaired) electrons. The Balaban J connectivity index is -0.000000466. The lowest BCUT2D eigenvalue weighted by Crippen LogP contribution is -2.30. The summed E-state index contributed by atoms with van der Waals surface area (Å²) in [7, 11) is 0. The minimum absolute atomic E-state index is 0.0159. The van der Waals surface area contributed by atoms with Crippen LogP contribution in [0.1, 0.15) is 166 Å². The molecule has 0 aromatic carbocycles. The first-order valence-corrected chi connectivity index (χ1v) is 15.5. The van der Waals surface area contributed by atoms with Crippen LogP contribution >= 0.6 is 0 Å². The standard InChI is InChI=1S/C13H22O2.C11H22O.C5H12.C4H8O/c1-4-9(2)12(13(15)10(3)14)8-11-6-5-7-11;1-4-6-8-11(10(3)12)9-7-5-2;1-3-5-4-2;1-3-4(2)5/h9,11-12H,4-8H2,1-3H3;11H,4-9H2,1-3H3;3-5H2,1-2H3;3H2,1-2H3. The van der Waals surface area contributed by atoms with E-state index in [0.717, 1.165) is 25.7 Å². The maximum absolute atomic E-state index is 11.8. The van der Waals surface area contributed by atoms with Gasteiger partial charge in [0.1, 0.15) is 11.6 Å². The van der Waals surface area contributed by atoms with Gasteiger partial charge in [-0.15, -0.1) is 0 Å². The molecular formula is C33H64O4. The largest absolute Gasteiger partial charge is 0.300 e. The number of hydrogen-bond donors (Lipinski definition) is 0. The van der Waals surface area contributed by atoms with Crippen molar-refractivity contribution in [3.05, 3.63) is 0 Å². The van der Waals surface area contributed by atoms with E-state index in [4.69, 9.17) is 0 Å². The molecular weight excluding hydrogens is 460 g/mol. The number of rotatable bonds is 16. The van der Waals surface area contributed by atoms with Crippen LogP contribution in [0.4, 0.5) is 0 Å². The van der Waals surface area contributed by atoms with Crippen molar-refractivity contribution in [1.29, 1.82) is 0 Å². The van der Waals surface area contributed by atoms with Gasteiger partial charge in [0.25, 0.3) is 0 Å². The summed E-state index contributed by atoms with van der Waals surface area (Å²) in [5, 5.41) is 0. The van der Waals surface area contributed by atoms with Crippen LogP contribution < -0.4 is 0 Å². The van der Waals surface area contributed by atoms with E-state index in [2.05, 4.69) is 41.5 Å². The molecule has 2 atom stereocenters. The Bertz CT molecular complexity index is 567. The first kappa shape index (κ1) is 40.2. The molecule has 1 aliphatic rings. The molecule has 0 aliphatic heterocycles. The van der Waals surface area contributed by atoms with Gasteiger partial charge < -0.3 is 4.79 Å². The van der Waals surface area contributed by atoms with E-state index in [1.807, 2.05) is 6.92 Å². The van der Waals surface area contributed by atoms with Crippen molar-refractivity contribution in [3.63, 3.8) is 0 Å². The highest BCUT2D eigenvalue weighted by Crippen LogP contribution is 2.35. The first-order valence-electron chi connectivity index (χ1n) is 15.5. The highest BCUT2D eigenvalue weighted by Gasteiger charge is 2.31. The molecule has 37 heavy (non-hydrogen) atoms. The van der Waals surface area contributed by atoms with Crippen LogP contribution in [0.5, 0.6) is 0 Å². The average Bonchev–Trinajstić information content (AvgIpc) is 2.84. The molecule has 4 heteroatoms. The molecule has 0 saturated heterocycles. The minimum Gasteiger partial charge on any atom is -0.300 e. The van der Waals surface area contributed by atoms with Crippen LogP contribution in [0, 0.1) is 23.7 Å². The van der Waals surface area contributed by atoms with Crippen molar-refractivity contribution in [3.8, 4) is 0 Å². The topological polar surface area (TPSA) is 68.3 Å². The summed E-state index contributed by atoms with van der Waals surface area (Å²) >= 11 is 0. The average molecular weight is 525 g/mol. The van der Waals surface area contributed by atoms with E-state index in [9.17, 15) is 19.2 Å². The van der Waals surface area contributed by atoms with Gasteiger partial charge >= 0.3 is 0 Å². The predicted molar refractivity (Wildman–Crippen MR) is 160 cm³/mol. The van der Waals surface area contributed by atoms with Gasteiger partial charge in [0.05, 0.1) is 0 Å². The lowest BCUT2D eigenvalue weighted by atomic mass is 9.73. The molecule has 0 bridgehead atoms. The van der Waals surface area contributed by atoms with Gasteiger partial charge in [0, 0.05) is 25.2 Å². The number of carbonyl (C=O) groups excluding carboxylic acids is 4. The molecule has 0 heterocycles. The number of Topliss-reactive ketones (excluding diaryl/α,β-unsaturated/α-hetero) is 4. The van der Waals surface area contributed by atoms with Gasteiger partial charge in [0.2, 0.25) is 5.78 Å². The zero-order valence-electron chi connectivity index (χ0n) is 26.5. The van der Waals surface area contributed by atoms with Gasteiger partial charge in [-0.25, -0.2) is 0 Å². The number of ketones is 4. The summed E-state index contributed by atoms with van der Waals surface area (Å²) in [6.45, 7) is 19.5. The zero-order valence-corrected chi connectivity index (χ0v) is 26.5. The van der Waals surface area contributed by atoms with Crippen molar-refractivity contribution >= 4 is 23.1 Å². The Morgan fingerprint density at radius 3 is 1.38 bits per heavy atom. The first-order chi connectivity index (χ1) is 17.5. The second-order valence-corrected chi connectivity index (χ2v) is 10.9. The monoisotopic (exact) mass is 524 g/mol. The molecule has 1 fully saturated rings. The highest BCUT2D eigenvalue weighted by molar-refractivity contribution is 6.37. The normalized spacial score (nSPS) is 13.9. The van der Waals surface area contributed by atoms with Crippen LogP contribution in [-0.4, -0.2) is 23.1 Å². The maximum atomic E-state index is 11.8. The lowest BCUT2D eigenvalue weighted by Gasteiger charge is -2.31. The van der Waals surface area contributed by atoms with E-state index >= 15 is 0 Å². The van der Waals surface area contributed by atoms with Crippen molar-refractivity contribution in [2.45, 2.75) is 166 Å². The Kier molecular flexibility index (Phi) is 30.1. The Morgan fingerprint density at radius 1 is 0.730 bits per heavy atom. The third-order valence-corrected chi connectivity index (χ3v) is 7.42. The van der Waals surface area contributed by atoms with Crippen LogP contribution in [0.15, 0.2) is 0 Å². The van der Waals surface area contributed by atoms with Crippen LogP contribution in [0.3, 0.4) is 0 Å². The van der Waals surface area contributed by atoms with Gasteiger partial charge in [-0.05, 0) is 44.9 Å². The molecule has 2 unspecified atom stereocenters. The number of unbranched alkanes of at least 4 members (excludes halogenated alkanes) is 4. The summed E-state index contributed by atoms with van der Waals surface area (Å²) in [5.41, 5.74) is 0. The van der Waals surface area contributed by atoms with Crippen LogP contribution in [0.25, 0.3) is 0 Å². The van der Waals surface area contributed by atoms with E-state index in [1.54, 1.807) is 13.8 Å². The molecule has 0 aromatic heterocycles. The summed E-state index contributed by atoms with van der Waals surface area (Å²) < 4.78 is 0. The van der Waals surface area contributed by atoms with E-state index in [-0.39, 0.29) is 23.3 Å². The second kappa shape index (κ2) is 27.7. The number of hydrogen-bond acceptors (Lipinski definition) is 4. The molecule has 220 valence electrons. The molecule has 4 nitrogen and oxygen atoms in total. The van der Waals surface area contributed by atoms with Gasteiger partial charge in [0.15, 0.2) is 5.78 Å². The van der Waals surface area contributed by atoms with Crippen molar-refractivity contribution in [2.75, 3.05) is 0 Å². The molecule has 0 amide bonds. The maximum Gasteiger partial charge on any atom is 0.201 e. The van der Waals surface area contributed by atoms with Crippen LogP contribution in [0.2, 0.25) is 0 Å². The van der Waals surface area contributed by atoms with E-state index < -0.39 is 0 Å². The molecule has 1 rings (SSSR count). The fourth-order valence-electron chi connectivity index (χ4n) is 4.04. The summed E-state index contributed by atoms with van der Waals surface area (Å²) in [6, 6.07) is 0. The van der Waals surface area contributed by atoms with Gasteiger partial charge in [-0.3, -0.25) is 14.4 Å². The molecule has 1 saturated carbocycles. The Morgan fingerprint density at radius 2 is 1.16 bits per heavy atom. The van der Waals surface area contributed by atoms with E-state index in [0.29, 0.717) is 30.0 Å². The Labute approximate surface area is 231 Å². The Hall–Kier alpha value is -1.32. The van der Waals surface area contributed by atoms with Gasteiger partial charge in [-0.2, -0.15) is 0 Å². The third-order valence-electron chi connectivity index (χ3n) is 7.42.